The first-order chi connectivity index (χ1) is 17.0. The number of carboxylic acid groups (broad SMARTS) is 1. The predicted octanol–water partition coefficient (Wildman–Crippen LogP) is 6.71. The summed E-state index contributed by atoms with van der Waals surface area (Å²) in [6, 6.07) is 17.1. The van der Waals surface area contributed by atoms with Gasteiger partial charge in [0.2, 0.25) is 0 Å². The zero-order valence-electron chi connectivity index (χ0n) is 21.5. The van der Waals surface area contributed by atoms with E-state index in [0.717, 1.165) is 22.6 Å². The Balaban J connectivity index is 1.67. The highest BCUT2D eigenvalue weighted by Crippen LogP contribution is 2.35. The lowest BCUT2D eigenvalue weighted by Gasteiger charge is -2.20. The van der Waals surface area contributed by atoms with Crippen molar-refractivity contribution in [3.8, 4) is 5.69 Å². The van der Waals surface area contributed by atoms with E-state index in [1.54, 1.807) is 17.0 Å². The third-order valence-electron chi connectivity index (χ3n) is 6.27. The highest BCUT2D eigenvalue weighted by Gasteiger charge is 2.32. The van der Waals surface area contributed by atoms with E-state index in [1.807, 2.05) is 13.0 Å². The van der Waals surface area contributed by atoms with Gasteiger partial charge >= 0.3 is 5.97 Å². The number of rotatable bonds is 5. The van der Waals surface area contributed by atoms with Crippen molar-refractivity contribution < 1.29 is 14.7 Å². The Kier molecular flexibility index (Phi) is 6.96. The maximum Gasteiger partial charge on any atom is 0.335 e. The van der Waals surface area contributed by atoms with Gasteiger partial charge in [-0.1, -0.05) is 39.0 Å². The average Bonchev–Trinajstić information content (AvgIpc) is 3.27. The van der Waals surface area contributed by atoms with Crippen molar-refractivity contribution >= 4 is 40.6 Å². The molecule has 36 heavy (non-hydrogen) atoms. The van der Waals surface area contributed by atoms with E-state index in [1.165, 1.54) is 29.5 Å². The summed E-state index contributed by atoms with van der Waals surface area (Å²) >= 11 is 1.31. The third kappa shape index (κ3) is 5.02. The molecular formula is C29H31N3O3S. The minimum Gasteiger partial charge on any atom is -0.478 e. The fraction of sp³-hybridized carbons (Fsp3) is 0.276. The number of hydrogen-bond acceptors (Lipinski definition) is 4. The first-order valence-electron chi connectivity index (χ1n) is 11.9. The molecule has 1 N–H and O–H groups in total. The molecule has 0 aliphatic carbocycles. The van der Waals surface area contributed by atoms with Gasteiger partial charge in [-0.15, -0.1) is 0 Å². The normalized spacial score (nSPS) is 16.4. The number of hydrogen-bond donors (Lipinski definition) is 1. The van der Waals surface area contributed by atoms with E-state index in [4.69, 9.17) is 0 Å². The Bertz CT molecular complexity index is 1390. The lowest BCUT2D eigenvalue weighted by molar-refractivity contribution is -0.122. The van der Waals surface area contributed by atoms with Crippen LogP contribution in [0.1, 0.15) is 60.6 Å². The molecule has 1 saturated heterocycles. The summed E-state index contributed by atoms with van der Waals surface area (Å²) in [6.07, 6.45) is 1.92. The van der Waals surface area contributed by atoms with Crippen LogP contribution >= 0.6 is 11.8 Å². The molecular weight excluding hydrogens is 470 g/mol. The van der Waals surface area contributed by atoms with Crippen molar-refractivity contribution in [3.05, 3.63) is 87.6 Å². The van der Waals surface area contributed by atoms with Crippen molar-refractivity contribution in [2.75, 3.05) is 6.54 Å². The summed E-state index contributed by atoms with van der Waals surface area (Å²) in [5.74, 6) is -1.11. The number of carbonyl (C=O) groups is 2. The maximum atomic E-state index is 13.2. The molecule has 6 nitrogen and oxygen atoms in total. The summed E-state index contributed by atoms with van der Waals surface area (Å²) in [6.45, 7) is 13.1. The summed E-state index contributed by atoms with van der Waals surface area (Å²) in [5, 5.41) is 9.81. The number of amides is 1. The number of aromatic carboxylic acids is 1. The number of carboxylic acids is 1. The molecule has 2 aromatic carbocycles. The average molecular weight is 502 g/mol. The molecule has 4 rings (SSSR count). The molecule has 1 aliphatic heterocycles. The minimum absolute atomic E-state index is 0.0916. The van der Waals surface area contributed by atoms with E-state index >= 15 is 0 Å². The molecule has 0 spiro atoms. The van der Waals surface area contributed by atoms with Crippen LogP contribution in [0, 0.1) is 13.8 Å². The fourth-order valence-electron chi connectivity index (χ4n) is 4.27. The Labute approximate surface area is 216 Å². The Hall–Kier alpha value is -3.58. The zero-order valence-corrected chi connectivity index (χ0v) is 22.3. The number of carbonyl (C=O) groups excluding carboxylic acids is 1. The molecule has 186 valence electrons. The lowest BCUT2D eigenvalue weighted by Crippen LogP contribution is -2.28. The van der Waals surface area contributed by atoms with Crippen molar-refractivity contribution in [3.63, 3.8) is 0 Å². The second-order valence-corrected chi connectivity index (χ2v) is 10.9. The number of likely N-dealkylation sites (N-methyl/N-ethyl adjacent to an activating group) is 1. The molecule has 0 bridgehead atoms. The van der Waals surface area contributed by atoms with Crippen LogP contribution in [-0.4, -0.2) is 38.2 Å². The van der Waals surface area contributed by atoms with Gasteiger partial charge in [0.25, 0.3) is 5.91 Å². The number of aromatic nitrogens is 1. The fourth-order valence-corrected chi connectivity index (χ4v) is 5.33. The van der Waals surface area contributed by atoms with E-state index < -0.39 is 5.97 Å². The van der Waals surface area contributed by atoms with Crippen LogP contribution < -0.4 is 0 Å². The van der Waals surface area contributed by atoms with Crippen LogP contribution in [0.4, 0.5) is 5.69 Å². The number of benzene rings is 2. The molecule has 0 radical (unpaired) electrons. The summed E-state index contributed by atoms with van der Waals surface area (Å²) < 4.78 is 2.20. The summed E-state index contributed by atoms with van der Waals surface area (Å²) in [7, 11) is 0. The lowest BCUT2D eigenvalue weighted by atomic mass is 9.87. The molecule has 7 heteroatoms. The SMILES string of the molecule is CCN1C(=O)/C(=C/c2cc(C)n(-c3ccc(C(C)(C)C)cc3)c2C)SC1=Nc1cccc(C(=O)O)c1. The number of aliphatic imine (C=N–C) groups is 1. The first-order valence-corrected chi connectivity index (χ1v) is 12.7. The Morgan fingerprint density at radius 1 is 1.08 bits per heavy atom. The molecule has 0 saturated carbocycles. The maximum absolute atomic E-state index is 13.2. The van der Waals surface area contributed by atoms with Crippen molar-refractivity contribution in [2.45, 2.75) is 47.0 Å². The van der Waals surface area contributed by atoms with Gasteiger partial charge in [0.05, 0.1) is 16.2 Å². The van der Waals surface area contributed by atoms with Gasteiger partial charge in [0.15, 0.2) is 5.17 Å². The van der Waals surface area contributed by atoms with Crippen molar-refractivity contribution in [1.82, 2.24) is 9.47 Å². The van der Waals surface area contributed by atoms with Gasteiger partial charge in [-0.2, -0.15) is 0 Å². The van der Waals surface area contributed by atoms with Gasteiger partial charge < -0.3 is 9.67 Å². The van der Waals surface area contributed by atoms with Crippen LogP contribution in [-0.2, 0) is 10.2 Å². The number of aryl methyl sites for hydroxylation is 1. The smallest absolute Gasteiger partial charge is 0.335 e. The van der Waals surface area contributed by atoms with Gasteiger partial charge in [-0.3, -0.25) is 9.69 Å². The topological polar surface area (TPSA) is 74.9 Å². The molecule has 0 atom stereocenters. The molecule has 1 aromatic heterocycles. The molecule has 1 aliphatic rings. The van der Waals surface area contributed by atoms with Gasteiger partial charge in [-0.25, -0.2) is 9.79 Å². The second-order valence-electron chi connectivity index (χ2n) is 9.87. The number of amidine groups is 1. The van der Waals surface area contributed by atoms with Gasteiger partial charge in [-0.05, 0) is 91.5 Å². The molecule has 3 aromatic rings. The summed E-state index contributed by atoms with van der Waals surface area (Å²) in [4.78, 5) is 31.3. The van der Waals surface area contributed by atoms with E-state index in [-0.39, 0.29) is 16.9 Å². The van der Waals surface area contributed by atoms with Crippen LogP contribution in [0.25, 0.3) is 11.8 Å². The predicted molar refractivity (Wildman–Crippen MR) is 147 cm³/mol. The highest BCUT2D eigenvalue weighted by molar-refractivity contribution is 8.18. The first kappa shape index (κ1) is 25.5. The van der Waals surface area contributed by atoms with Crippen LogP contribution in [0.2, 0.25) is 0 Å². The van der Waals surface area contributed by atoms with Crippen LogP contribution in [0.5, 0.6) is 0 Å². The highest BCUT2D eigenvalue weighted by atomic mass is 32.2. The van der Waals surface area contributed by atoms with Crippen LogP contribution in [0.3, 0.4) is 0 Å². The van der Waals surface area contributed by atoms with Gasteiger partial charge in [0.1, 0.15) is 0 Å². The second kappa shape index (κ2) is 9.82. The zero-order chi connectivity index (χ0) is 26.2. The standard InChI is InChI=1S/C29H31N3O3S/c1-7-31-26(33)25(36-28(31)30-23-10-8-9-20(16-23)27(34)35)17-21-15-18(2)32(19(21)3)24-13-11-22(12-14-24)29(4,5)6/h8-17H,7H2,1-6H3,(H,34,35)/b25-17-,30-28?. The van der Waals surface area contributed by atoms with E-state index in [0.29, 0.717) is 22.3 Å². The van der Waals surface area contributed by atoms with Crippen molar-refractivity contribution in [2.24, 2.45) is 4.99 Å². The quantitative estimate of drug-likeness (QED) is 0.394. The Morgan fingerprint density at radius 3 is 2.39 bits per heavy atom. The molecule has 1 fully saturated rings. The molecule has 2 heterocycles. The number of nitrogens with zero attached hydrogens (tertiary/aromatic N) is 3. The minimum atomic E-state index is -1.01. The third-order valence-corrected chi connectivity index (χ3v) is 7.28. The molecule has 1 amide bonds. The summed E-state index contributed by atoms with van der Waals surface area (Å²) in [5.41, 5.74) is 6.25. The van der Waals surface area contributed by atoms with Crippen LogP contribution in [0.15, 0.2) is 64.5 Å². The Morgan fingerprint density at radius 2 is 1.78 bits per heavy atom. The van der Waals surface area contributed by atoms with E-state index in [2.05, 4.69) is 74.5 Å². The number of thioether (sulfide) groups is 1. The van der Waals surface area contributed by atoms with Gasteiger partial charge in [0, 0.05) is 23.6 Å². The monoisotopic (exact) mass is 501 g/mol. The molecule has 0 unspecified atom stereocenters. The van der Waals surface area contributed by atoms with Crippen molar-refractivity contribution in [1.29, 1.82) is 0 Å². The largest absolute Gasteiger partial charge is 0.478 e. The van der Waals surface area contributed by atoms with E-state index in [9.17, 15) is 14.7 Å².